The van der Waals surface area contributed by atoms with Crippen LogP contribution in [-0.2, 0) is 16.0 Å². The maximum Gasteiger partial charge on any atom is 0.241 e. The van der Waals surface area contributed by atoms with E-state index < -0.39 is 0 Å². The van der Waals surface area contributed by atoms with Crippen LogP contribution in [0.5, 0.6) is 0 Å². The Kier molecular flexibility index (Phi) is 5.32. The molecule has 2 aromatic rings. The van der Waals surface area contributed by atoms with Crippen LogP contribution in [0.25, 0.3) is 11.5 Å². The lowest BCUT2D eigenvalue weighted by Crippen LogP contribution is -2.45. The first-order valence-electron chi connectivity index (χ1n) is 8.23. The molecule has 132 valence electrons. The highest BCUT2D eigenvalue weighted by atomic mass is 16.5. The number of nitrogens with zero attached hydrogens (tertiary/aromatic N) is 5. The van der Waals surface area contributed by atoms with Crippen LogP contribution in [0.3, 0.4) is 0 Å². The average molecular weight is 344 g/mol. The molecular formula is C16H20N6O3. The van der Waals surface area contributed by atoms with Gasteiger partial charge in [-0.2, -0.15) is 4.98 Å². The fourth-order valence-corrected chi connectivity index (χ4v) is 2.87. The van der Waals surface area contributed by atoms with Crippen molar-refractivity contribution in [3.8, 4) is 11.5 Å². The van der Waals surface area contributed by atoms with E-state index in [4.69, 9.17) is 4.52 Å². The van der Waals surface area contributed by atoms with E-state index in [9.17, 15) is 9.59 Å². The van der Waals surface area contributed by atoms with Crippen LogP contribution in [-0.4, -0.2) is 56.5 Å². The van der Waals surface area contributed by atoms with E-state index in [1.54, 1.807) is 23.5 Å². The number of aromatic nitrogens is 4. The van der Waals surface area contributed by atoms with Gasteiger partial charge in [0.15, 0.2) is 0 Å². The number of amides is 2. The van der Waals surface area contributed by atoms with Gasteiger partial charge in [0.25, 0.3) is 0 Å². The molecule has 9 nitrogen and oxygen atoms in total. The smallest absolute Gasteiger partial charge is 0.241 e. The molecule has 0 bridgehead atoms. The molecule has 1 saturated heterocycles. The van der Waals surface area contributed by atoms with Gasteiger partial charge < -0.3 is 14.7 Å². The van der Waals surface area contributed by atoms with Crippen molar-refractivity contribution in [2.24, 2.45) is 5.92 Å². The second kappa shape index (κ2) is 7.82. The third kappa shape index (κ3) is 4.59. The van der Waals surface area contributed by atoms with Gasteiger partial charge in [0.1, 0.15) is 5.69 Å². The minimum absolute atomic E-state index is 0.0411. The summed E-state index contributed by atoms with van der Waals surface area (Å²) in [4.78, 5) is 37.3. The summed E-state index contributed by atoms with van der Waals surface area (Å²) in [6, 6.07) is 0. The first kappa shape index (κ1) is 17.0. The Morgan fingerprint density at radius 1 is 1.40 bits per heavy atom. The summed E-state index contributed by atoms with van der Waals surface area (Å²) in [6.07, 6.45) is 7.26. The van der Waals surface area contributed by atoms with Crippen molar-refractivity contribution in [3.63, 3.8) is 0 Å². The lowest BCUT2D eigenvalue weighted by molar-refractivity contribution is -0.134. The van der Waals surface area contributed by atoms with Crippen molar-refractivity contribution < 1.29 is 14.1 Å². The summed E-state index contributed by atoms with van der Waals surface area (Å²) in [5.41, 5.74) is 0.563. The maximum absolute atomic E-state index is 12.1. The standard InChI is InChI=1S/C16H20N6O3/c1-11(23)19-9-15(24)22-6-2-3-12(10-22)7-14-20-16(21-25-14)13-8-17-4-5-18-13/h4-5,8,12H,2-3,6-7,9-10H2,1H3,(H,19,23). The topological polar surface area (TPSA) is 114 Å². The maximum atomic E-state index is 12.1. The molecule has 2 amide bonds. The van der Waals surface area contributed by atoms with E-state index in [1.165, 1.54) is 6.92 Å². The molecule has 1 aliphatic rings. The normalized spacial score (nSPS) is 17.3. The number of hydrogen-bond acceptors (Lipinski definition) is 7. The van der Waals surface area contributed by atoms with Crippen LogP contribution in [0.1, 0.15) is 25.7 Å². The minimum Gasteiger partial charge on any atom is -0.347 e. The third-order valence-corrected chi connectivity index (χ3v) is 4.08. The van der Waals surface area contributed by atoms with E-state index in [-0.39, 0.29) is 24.3 Å². The Bertz CT molecular complexity index is 732. The van der Waals surface area contributed by atoms with Crippen LogP contribution in [0.4, 0.5) is 0 Å². The number of rotatable bonds is 5. The fraction of sp³-hybridized carbons (Fsp3) is 0.500. The van der Waals surface area contributed by atoms with E-state index in [0.717, 1.165) is 12.8 Å². The van der Waals surface area contributed by atoms with Crippen molar-refractivity contribution in [1.82, 2.24) is 30.3 Å². The molecule has 25 heavy (non-hydrogen) atoms. The van der Waals surface area contributed by atoms with Crippen molar-refractivity contribution >= 4 is 11.8 Å². The molecular weight excluding hydrogens is 324 g/mol. The van der Waals surface area contributed by atoms with Gasteiger partial charge in [-0.15, -0.1) is 0 Å². The van der Waals surface area contributed by atoms with Gasteiger partial charge >= 0.3 is 0 Å². The predicted octanol–water partition coefficient (Wildman–Crippen LogP) is 0.444. The van der Waals surface area contributed by atoms with Gasteiger partial charge in [0, 0.05) is 38.8 Å². The number of piperidine rings is 1. The van der Waals surface area contributed by atoms with Crippen molar-refractivity contribution in [3.05, 3.63) is 24.5 Å². The SMILES string of the molecule is CC(=O)NCC(=O)N1CCCC(Cc2nc(-c3cnccn3)no2)C1. The molecule has 0 spiro atoms. The fourth-order valence-electron chi connectivity index (χ4n) is 2.87. The summed E-state index contributed by atoms with van der Waals surface area (Å²) in [5.74, 6) is 0.930. The molecule has 1 atom stereocenters. The molecule has 2 aromatic heterocycles. The Morgan fingerprint density at radius 3 is 3.04 bits per heavy atom. The Balaban J connectivity index is 1.57. The first-order valence-corrected chi connectivity index (χ1v) is 8.23. The molecule has 3 heterocycles. The molecule has 9 heteroatoms. The van der Waals surface area contributed by atoms with Gasteiger partial charge in [-0.3, -0.25) is 14.6 Å². The van der Waals surface area contributed by atoms with Crippen LogP contribution in [0, 0.1) is 5.92 Å². The number of carbonyl (C=O) groups is 2. The van der Waals surface area contributed by atoms with Gasteiger partial charge in [-0.25, -0.2) is 4.98 Å². The van der Waals surface area contributed by atoms with Crippen molar-refractivity contribution in [2.45, 2.75) is 26.2 Å². The van der Waals surface area contributed by atoms with Crippen LogP contribution in [0.15, 0.2) is 23.1 Å². The average Bonchev–Trinajstić information content (AvgIpc) is 3.09. The van der Waals surface area contributed by atoms with Crippen molar-refractivity contribution in [1.29, 1.82) is 0 Å². The van der Waals surface area contributed by atoms with E-state index in [2.05, 4.69) is 25.4 Å². The zero-order valence-electron chi connectivity index (χ0n) is 14.0. The summed E-state index contributed by atoms with van der Waals surface area (Å²) in [6.45, 7) is 2.78. The van der Waals surface area contributed by atoms with Gasteiger partial charge in [-0.05, 0) is 18.8 Å². The Morgan fingerprint density at radius 2 is 2.28 bits per heavy atom. The lowest BCUT2D eigenvalue weighted by Gasteiger charge is -2.32. The highest BCUT2D eigenvalue weighted by Crippen LogP contribution is 2.21. The first-order chi connectivity index (χ1) is 12.1. The number of likely N-dealkylation sites (tertiary alicyclic amines) is 1. The minimum atomic E-state index is -0.204. The molecule has 0 aliphatic carbocycles. The highest BCUT2D eigenvalue weighted by molar-refractivity contribution is 5.83. The van der Waals surface area contributed by atoms with E-state index in [0.29, 0.717) is 36.9 Å². The van der Waals surface area contributed by atoms with Crippen LogP contribution >= 0.6 is 0 Å². The van der Waals surface area contributed by atoms with Crippen LogP contribution in [0.2, 0.25) is 0 Å². The molecule has 1 fully saturated rings. The zero-order chi connectivity index (χ0) is 17.6. The second-order valence-electron chi connectivity index (χ2n) is 6.06. The summed E-state index contributed by atoms with van der Waals surface area (Å²) in [5, 5.41) is 6.48. The molecule has 1 aliphatic heterocycles. The van der Waals surface area contributed by atoms with E-state index in [1.807, 2.05) is 0 Å². The van der Waals surface area contributed by atoms with Gasteiger partial charge in [0.2, 0.25) is 23.5 Å². The summed E-state index contributed by atoms with van der Waals surface area (Å²) >= 11 is 0. The highest BCUT2D eigenvalue weighted by Gasteiger charge is 2.25. The molecule has 3 rings (SSSR count). The lowest BCUT2D eigenvalue weighted by atomic mass is 9.94. The number of carbonyl (C=O) groups excluding carboxylic acids is 2. The summed E-state index contributed by atoms with van der Waals surface area (Å²) in [7, 11) is 0. The number of hydrogen-bond donors (Lipinski definition) is 1. The molecule has 1 N–H and O–H groups in total. The Labute approximate surface area is 144 Å². The number of nitrogens with one attached hydrogen (secondary N) is 1. The Hall–Kier alpha value is -2.84. The van der Waals surface area contributed by atoms with Gasteiger partial charge in [-0.1, -0.05) is 5.16 Å². The molecule has 1 unspecified atom stereocenters. The largest absolute Gasteiger partial charge is 0.347 e. The molecule has 0 radical (unpaired) electrons. The third-order valence-electron chi connectivity index (χ3n) is 4.08. The van der Waals surface area contributed by atoms with Crippen LogP contribution < -0.4 is 5.32 Å². The zero-order valence-corrected chi connectivity index (χ0v) is 14.0. The molecule has 0 saturated carbocycles. The quantitative estimate of drug-likeness (QED) is 0.837. The van der Waals surface area contributed by atoms with E-state index >= 15 is 0 Å². The molecule has 0 aromatic carbocycles. The second-order valence-corrected chi connectivity index (χ2v) is 6.06. The van der Waals surface area contributed by atoms with Crippen molar-refractivity contribution in [2.75, 3.05) is 19.6 Å². The predicted molar refractivity (Wildman–Crippen MR) is 87.0 cm³/mol. The van der Waals surface area contributed by atoms with Gasteiger partial charge in [0.05, 0.1) is 12.7 Å². The monoisotopic (exact) mass is 344 g/mol. The summed E-state index contributed by atoms with van der Waals surface area (Å²) < 4.78 is 5.31.